The fourth-order valence-corrected chi connectivity index (χ4v) is 3.87. The molecule has 3 aromatic heterocycles. The van der Waals surface area contributed by atoms with Gasteiger partial charge in [-0.05, 0) is 42.5 Å². The van der Waals surface area contributed by atoms with Gasteiger partial charge in [0.25, 0.3) is 5.91 Å². The zero-order valence-electron chi connectivity index (χ0n) is 17.9. The maximum Gasteiger partial charge on any atom is 0.272 e. The summed E-state index contributed by atoms with van der Waals surface area (Å²) < 4.78 is 14.8. The Morgan fingerprint density at radius 1 is 1.19 bits per heavy atom. The number of methoxy groups -OCH3 is 1. The summed E-state index contributed by atoms with van der Waals surface area (Å²) in [7, 11) is 3.42. The van der Waals surface area contributed by atoms with Crippen LogP contribution in [0.4, 0.5) is 11.5 Å². The minimum absolute atomic E-state index is 0.0519. The fraction of sp³-hybridized carbons (Fsp3) is 0.261. The first-order chi connectivity index (χ1) is 15.6. The number of benzene rings is 1. The summed E-state index contributed by atoms with van der Waals surface area (Å²) in [6.45, 7) is 1.44. The van der Waals surface area contributed by atoms with Gasteiger partial charge in [0.15, 0.2) is 0 Å². The zero-order valence-corrected chi connectivity index (χ0v) is 17.9. The molecule has 1 atom stereocenters. The molecule has 32 heavy (non-hydrogen) atoms. The Hall–Kier alpha value is -3.85. The lowest BCUT2D eigenvalue weighted by Gasteiger charge is -2.32. The molecule has 4 aromatic rings. The Labute approximate surface area is 185 Å². The van der Waals surface area contributed by atoms with E-state index in [1.54, 1.807) is 36.0 Å². The molecule has 9 heteroatoms. The van der Waals surface area contributed by atoms with Crippen molar-refractivity contribution in [3.63, 3.8) is 0 Å². The van der Waals surface area contributed by atoms with Crippen LogP contribution >= 0.6 is 0 Å². The number of morpholine rings is 1. The number of carbonyl (C=O) groups is 1. The third-order valence-corrected chi connectivity index (χ3v) is 5.60. The van der Waals surface area contributed by atoms with E-state index in [4.69, 9.17) is 14.5 Å². The summed E-state index contributed by atoms with van der Waals surface area (Å²) in [6.07, 6.45) is 3.30. The summed E-state index contributed by atoms with van der Waals surface area (Å²) in [5, 5.41) is 7.52. The number of hydrogen-bond donors (Lipinski definition) is 1. The second-order valence-corrected chi connectivity index (χ2v) is 7.61. The lowest BCUT2D eigenvalue weighted by atomic mass is 10.2. The molecule has 1 N–H and O–H groups in total. The molecule has 0 aliphatic carbocycles. The molecule has 1 amide bonds. The highest BCUT2D eigenvalue weighted by molar-refractivity contribution is 5.92. The van der Waals surface area contributed by atoms with Gasteiger partial charge in [0.05, 0.1) is 26.0 Å². The molecule has 0 spiro atoms. The first-order valence-corrected chi connectivity index (χ1v) is 10.4. The number of amides is 1. The molecule has 9 nitrogen and oxygen atoms in total. The van der Waals surface area contributed by atoms with E-state index in [-0.39, 0.29) is 12.0 Å². The largest absolute Gasteiger partial charge is 0.497 e. The van der Waals surface area contributed by atoms with E-state index in [0.717, 1.165) is 28.6 Å². The van der Waals surface area contributed by atoms with E-state index in [2.05, 4.69) is 10.4 Å². The maximum atomic E-state index is 12.9. The van der Waals surface area contributed by atoms with E-state index < -0.39 is 0 Å². The van der Waals surface area contributed by atoms with Gasteiger partial charge in [-0.3, -0.25) is 13.9 Å². The predicted molar refractivity (Wildman–Crippen MR) is 119 cm³/mol. The van der Waals surface area contributed by atoms with Crippen LogP contribution in [0.5, 0.6) is 5.75 Å². The Morgan fingerprint density at radius 2 is 2.03 bits per heavy atom. The van der Waals surface area contributed by atoms with Crippen molar-refractivity contribution in [2.24, 2.45) is 7.05 Å². The van der Waals surface area contributed by atoms with Crippen molar-refractivity contribution < 1.29 is 14.3 Å². The Morgan fingerprint density at radius 3 is 2.78 bits per heavy atom. The molecule has 164 valence electrons. The number of aromatic nitrogens is 4. The summed E-state index contributed by atoms with van der Waals surface area (Å²) in [5.41, 5.74) is 3.09. The van der Waals surface area contributed by atoms with E-state index >= 15 is 0 Å². The number of nitrogens with zero attached hydrogens (tertiary/aromatic N) is 5. The summed E-state index contributed by atoms with van der Waals surface area (Å²) >= 11 is 0. The fourth-order valence-electron chi connectivity index (χ4n) is 3.87. The molecule has 1 aromatic carbocycles. The molecule has 0 saturated carbocycles. The van der Waals surface area contributed by atoms with Crippen molar-refractivity contribution >= 4 is 23.1 Å². The van der Waals surface area contributed by atoms with Gasteiger partial charge in [0.2, 0.25) is 0 Å². The number of fused-ring (bicyclic) bond motifs is 1. The average molecular weight is 432 g/mol. The van der Waals surface area contributed by atoms with E-state index in [0.29, 0.717) is 25.4 Å². The van der Waals surface area contributed by atoms with Crippen molar-refractivity contribution in [3.05, 3.63) is 72.3 Å². The number of anilines is 2. The molecular weight excluding hydrogens is 408 g/mol. The Bertz CT molecular complexity index is 1250. The van der Waals surface area contributed by atoms with E-state index in [9.17, 15) is 4.79 Å². The molecule has 1 fully saturated rings. The van der Waals surface area contributed by atoms with Crippen molar-refractivity contribution in [3.8, 4) is 5.75 Å². The van der Waals surface area contributed by atoms with Crippen LogP contribution in [-0.4, -0.2) is 56.8 Å². The Balaban J connectivity index is 1.38. The van der Waals surface area contributed by atoms with Gasteiger partial charge >= 0.3 is 0 Å². The number of nitrogens with one attached hydrogen (secondary N) is 1. The molecular formula is C23H24N6O3. The third kappa shape index (κ3) is 3.78. The average Bonchev–Trinajstić information content (AvgIpc) is 3.46. The molecule has 0 unspecified atom stereocenters. The number of aryl methyl sites for hydroxylation is 1. The number of carbonyl (C=O) groups excluding carboxylic acids is 1. The van der Waals surface area contributed by atoms with Crippen molar-refractivity contribution in [2.45, 2.75) is 6.10 Å². The van der Waals surface area contributed by atoms with Crippen molar-refractivity contribution in [1.29, 1.82) is 0 Å². The predicted octanol–water partition coefficient (Wildman–Crippen LogP) is 3.03. The number of imidazole rings is 1. The SMILES string of the molecule is COc1ccc(Nc2cccc3nc([C@H]4CN(C(=O)c5ccnn5C)CCO4)cn23)cc1. The van der Waals surface area contributed by atoms with E-state index in [1.807, 2.05) is 53.1 Å². The Kier molecular flexibility index (Phi) is 5.24. The van der Waals surface area contributed by atoms with Gasteiger partial charge in [0.1, 0.15) is 29.0 Å². The van der Waals surface area contributed by atoms with Crippen LogP contribution in [0.15, 0.2) is 60.9 Å². The van der Waals surface area contributed by atoms with Gasteiger partial charge in [-0.15, -0.1) is 0 Å². The first kappa shape index (κ1) is 20.1. The normalized spacial score (nSPS) is 16.3. The number of rotatable bonds is 5. The molecule has 1 aliphatic heterocycles. The molecule has 5 rings (SSSR count). The standard InChI is InChI=1S/C23H24N6O3/c1-27-19(10-11-24-27)23(30)28-12-13-32-20(15-28)18-14-29-21(4-3-5-22(29)26-18)25-16-6-8-17(31-2)9-7-16/h3-11,14,20,25H,12-13,15H2,1-2H3/t20-/m1/s1. The van der Waals surface area contributed by atoms with Crippen LogP contribution in [0.1, 0.15) is 22.3 Å². The van der Waals surface area contributed by atoms with Crippen LogP contribution < -0.4 is 10.1 Å². The number of hydrogen-bond acceptors (Lipinski definition) is 6. The highest BCUT2D eigenvalue weighted by Crippen LogP contribution is 2.26. The van der Waals surface area contributed by atoms with Gasteiger partial charge in [-0.2, -0.15) is 5.10 Å². The van der Waals surface area contributed by atoms with Crippen molar-refractivity contribution in [1.82, 2.24) is 24.1 Å². The minimum Gasteiger partial charge on any atom is -0.497 e. The second kappa shape index (κ2) is 8.35. The highest BCUT2D eigenvalue weighted by Gasteiger charge is 2.29. The third-order valence-electron chi connectivity index (χ3n) is 5.60. The lowest BCUT2D eigenvalue weighted by molar-refractivity contribution is -0.0248. The zero-order chi connectivity index (χ0) is 22.1. The van der Waals surface area contributed by atoms with Crippen LogP contribution in [0.25, 0.3) is 5.65 Å². The second-order valence-electron chi connectivity index (χ2n) is 7.61. The number of pyridine rings is 1. The van der Waals surface area contributed by atoms with Gasteiger partial charge in [0, 0.05) is 31.7 Å². The monoisotopic (exact) mass is 432 g/mol. The summed E-state index contributed by atoms with van der Waals surface area (Å²) in [5.74, 6) is 1.63. The number of ether oxygens (including phenoxy) is 2. The van der Waals surface area contributed by atoms with Crippen LogP contribution in [0.2, 0.25) is 0 Å². The summed E-state index contributed by atoms with van der Waals surface area (Å²) in [6, 6.07) is 15.4. The van der Waals surface area contributed by atoms with Crippen LogP contribution in [0, 0.1) is 0 Å². The van der Waals surface area contributed by atoms with Crippen LogP contribution in [0.3, 0.4) is 0 Å². The smallest absolute Gasteiger partial charge is 0.272 e. The minimum atomic E-state index is -0.297. The topological polar surface area (TPSA) is 85.9 Å². The molecule has 0 bridgehead atoms. The van der Waals surface area contributed by atoms with Gasteiger partial charge in [-0.25, -0.2) is 4.98 Å². The van der Waals surface area contributed by atoms with Crippen molar-refractivity contribution in [2.75, 3.05) is 32.1 Å². The lowest BCUT2D eigenvalue weighted by Crippen LogP contribution is -2.43. The van der Waals surface area contributed by atoms with Gasteiger partial charge < -0.3 is 19.7 Å². The maximum absolute atomic E-state index is 12.9. The van der Waals surface area contributed by atoms with Crippen LogP contribution in [-0.2, 0) is 11.8 Å². The molecule has 4 heterocycles. The van der Waals surface area contributed by atoms with Gasteiger partial charge in [-0.1, -0.05) is 6.07 Å². The molecule has 1 aliphatic rings. The summed E-state index contributed by atoms with van der Waals surface area (Å²) in [4.78, 5) is 19.5. The van der Waals surface area contributed by atoms with E-state index in [1.165, 1.54) is 0 Å². The highest BCUT2D eigenvalue weighted by atomic mass is 16.5. The quantitative estimate of drug-likeness (QED) is 0.522. The molecule has 1 saturated heterocycles. The molecule has 0 radical (unpaired) electrons. The first-order valence-electron chi connectivity index (χ1n) is 10.4.